The average molecular weight is 820 g/mol. The molecule has 0 heterocycles. The molecular weight excluding hydrogens is 734 g/mol. The largest absolute Gasteiger partial charge is 0.756 e. The second kappa shape index (κ2) is 40.6. The Morgan fingerprint density at radius 1 is 0.579 bits per heavy atom. The number of phosphoric ester groups is 1. The van der Waals surface area contributed by atoms with Gasteiger partial charge in [0, 0.05) is 6.42 Å². The van der Waals surface area contributed by atoms with Crippen molar-refractivity contribution in [2.75, 3.05) is 47.5 Å². The predicted octanol–water partition coefficient (Wildman–Crippen LogP) is 13.2. The van der Waals surface area contributed by atoms with E-state index in [1.165, 1.54) is 96.3 Å². The van der Waals surface area contributed by atoms with Crippen LogP contribution in [0.5, 0.6) is 0 Å². The summed E-state index contributed by atoms with van der Waals surface area (Å²) < 4.78 is 34.3. The van der Waals surface area contributed by atoms with E-state index in [4.69, 9.17) is 18.5 Å². The Labute approximate surface area is 351 Å². The summed E-state index contributed by atoms with van der Waals surface area (Å²) >= 11 is 0. The molecule has 0 aliphatic rings. The lowest BCUT2D eigenvalue weighted by Crippen LogP contribution is -2.37. The highest BCUT2D eigenvalue weighted by Crippen LogP contribution is 2.38. The van der Waals surface area contributed by atoms with Crippen molar-refractivity contribution in [3.05, 3.63) is 73.1 Å². The van der Waals surface area contributed by atoms with Crippen LogP contribution in [0.2, 0.25) is 0 Å². The van der Waals surface area contributed by atoms with Crippen molar-refractivity contribution in [2.24, 2.45) is 0 Å². The van der Waals surface area contributed by atoms with Gasteiger partial charge in [-0.15, -0.1) is 0 Å². The Balaban J connectivity index is 4.36. The van der Waals surface area contributed by atoms with E-state index < -0.39 is 19.9 Å². The van der Waals surface area contributed by atoms with Crippen molar-refractivity contribution < 1.29 is 37.3 Å². The van der Waals surface area contributed by atoms with Gasteiger partial charge in [-0.3, -0.25) is 9.36 Å². The van der Waals surface area contributed by atoms with Gasteiger partial charge >= 0.3 is 5.97 Å². The van der Waals surface area contributed by atoms with Gasteiger partial charge in [0.05, 0.1) is 34.0 Å². The van der Waals surface area contributed by atoms with Crippen LogP contribution in [0.3, 0.4) is 0 Å². The maximum atomic E-state index is 12.6. The molecule has 0 aromatic rings. The van der Waals surface area contributed by atoms with Gasteiger partial charge in [-0.05, 0) is 63.9 Å². The number of esters is 1. The molecular formula is C48H86NO7P. The van der Waals surface area contributed by atoms with Crippen molar-refractivity contribution in [1.82, 2.24) is 0 Å². The molecule has 0 aromatic heterocycles. The highest BCUT2D eigenvalue weighted by Gasteiger charge is 2.20. The van der Waals surface area contributed by atoms with Crippen molar-refractivity contribution in [2.45, 2.75) is 180 Å². The highest BCUT2D eigenvalue weighted by atomic mass is 31.2. The van der Waals surface area contributed by atoms with Crippen molar-refractivity contribution in [3.63, 3.8) is 0 Å². The fraction of sp³-hybridized carbons (Fsp3) is 0.729. The first kappa shape index (κ1) is 54.8. The molecule has 0 saturated carbocycles. The first-order valence-electron chi connectivity index (χ1n) is 22.7. The molecule has 0 aliphatic carbocycles. The van der Waals surface area contributed by atoms with Crippen molar-refractivity contribution in [3.8, 4) is 0 Å². The molecule has 9 heteroatoms. The van der Waals surface area contributed by atoms with Gasteiger partial charge in [0.1, 0.15) is 19.8 Å². The predicted molar refractivity (Wildman–Crippen MR) is 240 cm³/mol. The molecule has 57 heavy (non-hydrogen) atoms. The number of carbonyl (C=O) groups is 1. The Morgan fingerprint density at radius 2 is 1.04 bits per heavy atom. The first-order valence-corrected chi connectivity index (χ1v) is 24.2. The SMILES string of the molecule is CC/C=C\C/C=C\C/C=C\C/C=C\C/C=C\CCCC(=O)O[C@H](CO/C=C\CCCCCCCCCCCCCCCCCC)COP(=O)([O-])OCC[N+](C)(C)C. The van der Waals surface area contributed by atoms with E-state index in [9.17, 15) is 14.3 Å². The number of unbranched alkanes of at least 4 members (excludes halogenated alkanes) is 17. The van der Waals surface area contributed by atoms with Crippen LogP contribution in [-0.4, -0.2) is 64.1 Å². The smallest absolute Gasteiger partial charge is 0.306 e. The quantitative estimate of drug-likeness (QED) is 0.0151. The number of hydrogen-bond donors (Lipinski definition) is 0. The first-order chi connectivity index (χ1) is 27.6. The van der Waals surface area contributed by atoms with Crippen molar-refractivity contribution >= 4 is 13.8 Å². The second-order valence-corrected chi connectivity index (χ2v) is 17.5. The van der Waals surface area contributed by atoms with Gasteiger partial charge in [0.25, 0.3) is 7.82 Å². The molecule has 0 saturated heterocycles. The number of rotatable bonds is 41. The van der Waals surface area contributed by atoms with Crippen LogP contribution < -0.4 is 4.89 Å². The summed E-state index contributed by atoms with van der Waals surface area (Å²) in [6.07, 6.45) is 53.1. The number of nitrogens with zero attached hydrogens (tertiary/aromatic N) is 1. The van der Waals surface area contributed by atoms with E-state index in [0.29, 0.717) is 17.4 Å². The fourth-order valence-electron chi connectivity index (χ4n) is 5.84. The molecule has 0 rings (SSSR count). The molecule has 0 radical (unpaired) electrons. The normalized spacial score (nSPS) is 14.4. The van der Waals surface area contributed by atoms with Crippen LogP contribution in [-0.2, 0) is 27.9 Å². The molecule has 8 nitrogen and oxygen atoms in total. The molecule has 0 fully saturated rings. The number of phosphoric acid groups is 1. The summed E-state index contributed by atoms with van der Waals surface area (Å²) in [6, 6.07) is 0. The maximum Gasteiger partial charge on any atom is 0.306 e. The summed E-state index contributed by atoms with van der Waals surface area (Å²) in [6.45, 7) is 4.55. The number of allylic oxidation sites excluding steroid dienone is 11. The molecule has 330 valence electrons. The number of likely N-dealkylation sites (N-methyl/N-ethyl adjacent to an activating group) is 1. The molecule has 0 spiro atoms. The molecule has 1 unspecified atom stereocenters. The molecule has 2 atom stereocenters. The van der Waals surface area contributed by atoms with E-state index in [1.54, 1.807) is 6.26 Å². The van der Waals surface area contributed by atoms with Gasteiger partial charge in [-0.25, -0.2) is 0 Å². The van der Waals surface area contributed by atoms with E-state index >= 15 is 0 Å². The number of hydrogen-bond acceptors (Lipinski definition) is 7. The summed E-state index contributed by atoms with van der Waals surface area (Å²) in [5.74, 6) is -0.414. The molecule has 0 aromatic carbocycles. The third kappa shape index (κ3) is 44.7. The highest BCUT2D eigenvalue weighted by molar-refractivity contribution is 7.45. The molecule has 0 aliphatic heterocycles. The van der Waals surface area contributed by atoms with Gasteiger partial charge in [0.2, 0.25) is 0 Å². The molecule has 0 N–H and O–H groups in total. The van der Waals surface area contributed by atoms with Gasteiger partial charge in [-0.2, -0.15) is 0 Å². The minimum atomic E-state index is -4.56. The number of carbonyl (C=O) groups excluding carboxylic acids is 1. The lowest BCUT2D eigenvalue weighted by molar-refractivity contribution is -0.870. The van der Waals surface area contributed by atoms with E-state index in [0.717, 1.165) is 51.4 Å². The molecule has 0 amide bonds. The third-order valence-electron chi connectivity index (χ3n) is 9.34. The third-order valence-corrected chi connectivity index (χ3v) is 10.3. The lowest BCUT2D eigenvalue weighted by atomic mass is 10.0. The van der Waals surface area contributed by atoms with E-state index in [1.807, 2.05) is 27.2 Å². The Kier molecular flexibility index (Phi) is 39.0. The van der Waals surface area contributed by atoms with Crippen LogP contribution in [0, 0.1) is 0 Å². The van der Waals surface area contributed by atoms with Crippen LogP contribution >= 0.6 is 7.82 Å². The lowest BCUT2D eigenvalue weighted by Gasteiger charge is -2.28. The van der Waals surface area contributed by atoms with Crippen LogP contribution in [0.25, 0.3) is 0 Å². The zero-order valence-corrected chi connectivity index (χ0v) is 38.2. The summed E-state index contributed by atoms with van der Waals surface area (Å²) in [7, 11) is 1.28. The van der Waals surface area contributed by atoms with Crippen LogP contribution in [0.1, 0.15) is 174 Å². The second-order valence-electron chi connectivity index (χ2n) is 16.1. The van der Waals surface area contributed by atoms with Gasteiger partial charge in [-0.1, -0.05) is 171 Å². The standard InChI is InChI=1S/C48H86NO7P/c1-6-8-10-12-14-16-18-20-22-24-26-28-30-32-34-36-38-40-43-53-45-47(46-55-57(51,52)54-44-42-49(3,4)5)56-48(50)41-39-37-35-33-31-29-27-25-23-21-19-17-15-13-11-9-7-2/h9,11,15,17,21,23,27,29,33,35,40,43,47H,6-8,10,12-14,16,18-20,22,24-26,28,30-32,34,36-39,41-42,44-46H2,1-5H3/b11-9-,17-15-,23-21-,29-27-,35-33-,43-40-/t47-/m1/s1. The Hall–Kier alpha value is -2.22. The van der Waals surface area contributed by atoms with E-state index in [-0.39, 0.29) is 26.2 Å². The Bertz CT molecular complexity index is 1140. The van der Waals surface area contributed by atoms with Crippen LogP contribution in [0.4, 0.5) is 0 Å². The minimum Gasteiger partial charge on any atom is -0.756 e. The fourth-order valence-corrected chi connectivity index (χ4v) is 6.57. The summed E-state index contributed by atoms with van der Waals surface area (Å²) in [4.78, 5) is 25.0. The van der Waals surface area contributed by atoms with Crippen molar-refractivity contribution in [1.29, 1.82) is 0 Å². The van der Waals surface area contributed by atoms with Gasteiger partial charge < -0.3 is 27.9 Å². The topological polar surface area (TPSA) is 94.1 Å². The zero-order chi connectivity index (χ0) is 42.0. The summed E-state index contributed by atoms with van der Waals surface area (Å²) in [5, 5.41) is 0. The van der Waals surface area contributed by atoms with Crippen LogP contribution in [0.15, 0.2) is 73.1 Å². The maximum absolute atomic E-state index is 12.6. The van der Waals surface area contributed by atoms with E-state index in [2.05, 4.69) is 74.6 Å². The number of quaternary nitrogens is 1. The number of ether oxygens (including phenoxy) is 2. The monoisotopic (exact) mass is 820 g/mol. The van der Waals surface area contributed by atoms with Gasteiger partial charge in [0.15, 0.2) is 6.10 Å². The average Bonchev–Trinajstić information content (AvgIpc) is 3.16. The minimum absolute atomic E-state index is 0.00310. The summed E-state index contributed by atoms with van der Waals surface area (Å²) in [5.41, 5.74) is 0. The molecule has 0 bridgehead atoms. The zero-order valence-electron chi connectivity index (χ0n) is 37.3. The Morgan fingerprint density at radius 3 is 1.53 bits per heavy atom.